The number of H-pyrrole nitrogens is 1. The number of aliphatic hydroxyl groups is 1. The van der Waals surface area contributed by atoms with Crippen molar-refractivity contribution in [3.63, 3.8) is 0 Å². The summed E-state index contributed by atoms with van der Waals surface area (Å²) >= 11 is 0. The summed E-state index contributed by atoms with van der Waals surface area (Å²) in [6.45, 7) is 0. The van der Waals surface area contributed by atoms with Gasteiger partial charge in [0.2, 0.25) is 0 Å². The van der Waals surface area contributed by atoms with Gasteiger partial charge in [-0.15, -0.1) is 0 Å². The molecule has 6 rings (SSSR count). The highest BCUT2D eigenvalue weighted by molar-refractivity contribution is 5.92. The van der Waals surface area contributed by atoms with Crippen LogP contribution in [-0.2, 0) is 5.54 Å². The number of hydrogen-bond donors (Lipinski definition) is 4. The normalized spacial score (nSPS) is 38.5. The van der Waals surface area contributed by atoms with Gasteiger partial charge in [-0.1, -0.05) is 0 Å². The van der Waals surface area contributed by atoms with Crippen LogP contribution in [0.5, 0.6) is 0 Å². The Bertz CT molecular complexity index is 868. The Morgan fingerprint density at radius 1 is 1.26 bits per heavy atom. The molecule has 4 aliphatic rings. The summed E-state index contributed by atoms with van der Waals surface area (Å²) in [5.41, 5.74) is 12.5. The maximum absolute atomic E-state index is 12.7. The summed E-state index contributed by atoms with van der Waals surface area (Å²) < 4.78 is 1.79. The van der Waals surface area contributed by atoms with Crippen LogP contribution in [0.2, 0.25) is 0 Å². The maximum Gasteiger partial charge on any atom is 0.327 e. The molecule has 7 heteroatoms. The SMILES string of the molecule is Nc1ncc2[nH]c(=O)n(C34CC5CC(CC(O)(C5)C3)C4)c2c1N. The lowest BCUT2D eigenvalue weighted by Crippen LogP contribution is -2.61. The molecule has 0 amide bonds. The van der Waals surface area contributed by atoms with Gasteiger partial charge >= 0.3 is 5.69 Å². The number of imidazole rings is 1. The van der Waals surface area contributed by atoms with Crippen LogP contribution < -0.4 is 17.2 Å². The average molecular weight is 315 g/mol. The first-order valence-electron chi connectivity index (χ1n) is 8.27. The Morgan fingerprint density at radius 2 is 1.96 bits per heavy atom. The Kier molecular flexibility index (Phi) is 2.27. The van der Waals surface area contributed by atoms with E-state index in [0.29, 0.717) is 35.0 Å². The molecule has 0 aromatic carbocycles. The van der Waals surface area contributed by atoms with Gasteiger partial charge < -0.3 is 21.6 Å². The number of fused-ring (bicyclic) bond motifs is 1. The molecule has 2 heterocycles. The Morgan fingerprint density at radius 3 is 2.61 bits per heavy atom. The third-order valence-corrected chi connectivity index (χ3v) is 6.26. The van der Waals surface area contributed by atoms with Gasteiger partial charge in [-0.05, 0) is 50.4 Å². The average Bonchev–Trinajstić information content (AvgIpc) is 2.78. The van der Waals surface area contributed by atoms with Crippen molar-refractivity contribution in [1.29, 1.82) is 0 Å². The number of nitrogen functional groups attached to an aromatic ring is 2. The number of nitrogens with zero attached hydrogens (tertiary/aromatic N) is 2. The topological polar surface area (TPSA) is 123 Å². The van der Waals surface area contributed by atoms with E-state index in [9.17, 15) is 9.90 Å². The molecule has 2 atom stereocenters. The standard InChI is InChI=1S/C16H21N5O2/c17-11-12-10(6-19-13(11)18)20-14(22)21(12)15-2-8-1-9(3-15)5-16(23,4-8)7-15/h6,8-9,23H,1-5,7,17H2,(H2,18,19)(H,20,22). The molecule has 4 fully saturated rings. The van der Waals surface area contributed by atoms with E-state index < -0.39 is 5.60 Å². The fourth-order valence-electron chi connectivity index (χ4n) is 6.02. The Balaban J connectivity index is 1.79. The van der Waals surface area contributed by atoms with E-state index in [-0.39, 0.29) is 17.0 Å². The van der Waals surface area contributed by atoms with Crippen LogP contribution >= 0.6 is 0 Å². The van der Waals surface area contributed by atoms with Crippen LogP contribution in [0.25, 0.3) is 11.0 Å². The summed E-state index contributed by atoms with van der Waals surface area (Å²) in [5, 5.41) is 11.0. The maximum atomic E-state index is 12.7. The monoisotopic (exact) mass is 315 g/mol. The van der Waals surface area contributed by atoms with Crippen molar-refractivity contribution < 1.29 is 5.11 Å². The molecular formula is C16H21N5O2. The Hall–Kier alpha value is -2.02. The van der Waals surface area contributed by atoms with E-state index in [1.54, 1.807) is 10.8 Å². The first-order chi connectivity index (χ1) is 10.9. The molecule has 2 aromatic rings. The molecule has 0 spiro atoms. The number of rotatable bonds is 1. The quantitative estimate of drug-likeness (QED) is 0.623. The number of aromatic nitrogens is 3. The highest BCUT2D eigenvalue weighted by atomic mass is 16.3. The minimum atomic E-state index is -0.638. The largest absolute Gasteiger partial charge is 0.394 e. The Labute approximate surface area is 132 Å². The van der Waals surface area contributed by atoms with Gasteiger partial charge in [0.15, 0.2) is 0 Å². The number of anilines is 2. The van der Waals surface area contributed by atoms with Gasteiger partial charge in [-0.3, -0.25) is 4.57 Å². The van der Waals surface area contributed by atoms with Crippen LogP contribution in [0.3, 0.4) is 0 Å². The molecule has 4 saturated carbocycles. The van der Waals surface area contributed by atoms with E-state index in [0.717, 1.165) is 25.7 Å². The van der Waals surface area contributed by atoms with Gasteiger partial charge in [-0.2, -0.15) is 0 Å². The summed E-state index contributed by atoms with van der Waals surface area (Å²) in [7, 11) is 0. The van der Waals surface area contributed by atoms with Gasteiger partial charge in [0.1, 0.15) is 11.5 Å². The van der Waals surface area contributed by atoms with Gasteiger partial charge in [0, 0.05) is 0 Å². The van der Waals surface area contributed by atoms with Crippen LogP contribution in [0.1, 0.15) is 38.5 Å². The first kappa shape index (κ1) is 13.4. The van der Waals surface area contributed by atoms with Gasteiger partial charge in [0.05, 0.1) is 28.4 Å². The molecule has 4 bridgehead atoms. The lowest BCUT2D eigenvalue weighted by molar-refractivity contribution is -0.156. The predicted octanol–water partition coefficient (Wildman–Crippen LogP) is 0.929. The number of hydrogen-bond acceptors (Lipinski definition) is 5. The van der Waals surface area contributed by atoms with Crippen molar-refractivity contribution in [3.05, 3.63) is 16.7 Å². The molecule has 122 valence electrons. The zero-order valence-electron chi connectivity index (χ0n) is 12.9. The molecule has 23 heavy (non-hydrogen) atoms. The molecule has 0 radical (unpaired) electrons. The molecule has 2 aromatic heterocycles. The van der Waals surface area contributed by atoms with E-state index in [1.165, 1.54) is 6.42 Å². The van der Waals surface area contributed by atoms with Crippen LogP contribution in [0.4, 0.5) is 11.5 Å². The lowest BCUT2D eigenvalue weighted by atomic mass is 9.51. The summed E-state index contributed by atoms with van der Waals surface area (Å²) in [6.07, 6.45) is 6.94. The van der Waals surface area contributed by atoms with Crippen molar-refractivity contribution in [2.45, 2.75) is 49.7 Å². The van der Waals surface area contributed by atoms with E-state index in [4.69, 9.17) is 11.5 Å². The van der Waals surface area contributed by atoms with E-state index in [2.05, 4.69) is 9.97 Å². The molecule has 7 nitrogen and oxygen atoms in total. The van der Waals surface area contributed by atoms with Crippen molar-refractivity contribution in [1.82, 2.24) is 14.5 Å². The lowest BCUT2D eigenvalue weighted by Gasteiger charge is -2.60. The molecule has 0 saturated heterocycles. The fourth-order valence-corrected chi connectivity index (χ4v) is 6.02. The van der Waals surface area contributed by atoms with Crippen LogP contribution in [0, 0.1) is 11.8 Å². The second-order valence-electron chi connectivity index (χ2n) is 7.99. The number of nitrogens with two attached hydrogens (primary N) is 2. The highest BCUT2D eigenvalue weighted by Gasteiger charge is 2.58. The molecular weight excluding hydrogens is 294 g/mol. The van der Waals surface area contributed by atoms with Crippen LogP contribution in [0.15, 0.2) is 11.0 Å². The summed E-state index contributed by atoms with van der Waals surface area (Å²) in [6, 6.07) is 0. The molecule has 4 aliphatic carbocycles. The van der Waals surface area contributed by atoms with E-state index >= 15 is 0 Å². The third kappa shape index (κ3) is 1.63. The third-order valence-electron chi connectivity index (χ3n) is 6.26. The summed E-state index contributed by atoms with van der Waals surface area (Å²) in [4.78, 5) is 19.6. The zero-order valence-corrected chi connectivity index (χ0v) is 12.9. The van der Waals surface area contributed by atoms with Gasteiger partial charge in [0.25, 0.3) is 0 Å². The highest BCUT2D eigenvalue weighted by Crippen LogP contribution is 2.60. The second-order valence-corrected chi connectivity index (χ2v) is 7.99. The van der Waals surface area contributed by atoms with E-state index in [1.807, 2.05) is 0 Å². The minimum Gasteiger partial charge on any atom is -0.394 e. The molecule has 2 unspecified atom stereocenters. The van der Waals surface area contributed by atoms with Crippen molar-refractivity contribution in [2.24, 2.45) is 11.8 Å². The van der Waals surface area contributed by atoms with Gasteiger partial charge in [-0.25, -0.2) is 9.78 Å². The minimum absolute atomic E-state index is 0.176. The number of nitrogens with one attached hydrogen (secondary N) is 1. The zero-order chi connectivity index (χ0) is 16.0. The van der Waals surface area contributed by atoms with Crippen molar-refractivity contribution in [3.8, 4) is 0 Å². The predicted molar refractivity (Wildman–Crippen MR) is 86.8 cm³/mol. The molecule has 6 N–H and O–H groups in total. The second kappa shape index (κ2) is 3.90. The first-order valence-corrected chi connectivity index (χ1v) is 8.27. The van der Waals surface area contributed by atoms with Crippen molar-refractivity contribution in [2.75, 3.05) is 11.5 Å². The smallest absolute Gasteiger partial charge is 0.327 e. The fraction of sp³-hybridized carbons (Fsp3) is 0.625. The van der Waals surface area contributed by atoms with Crippen molar-refractivity contribution >= 4 is 22.5 Å². The van der Waals surface area contributed by atoms with Crippen LogP contribution in [-0.4, -0.2) is 25.2 Å². The number of aromatic amines is 1. The summed E-state index contributed by atoms with van der Waals surface area (Å²) in [5.74, 6) is 1.21. The number of pyridine rings is 1. The molecule has 0 aliphatic heterocycles.